The molecule has 0 atom stereocenters. The van der Waals surface area contributed by atoms with Crippen molar-refractivity contribution in [3.8, 4) is 0 Å². The molecule has 0 radical (unpaired) electrons. The van der Waals surface area contributed by atoms with Crippen LogP contribution >= 0.6 is 8.20 Å². The molecule has 0 aliphatic heterocycles. The van der Waals surface area contributed by atoms with Crippen molar-refractivity contribution in [3.05, 3.63) is 29.8 Å². The van der Waals surface area contributed by atoms with Gasteiger partial charge in [0.25, 0.3) is 0 Å². The zero-order valence-electron chi connectivity index (χ0n) is 5.46. The summed E-state index contributed by atoms with van der Waals surface area (Å²) in [4.78, 5) is 0. The summed E-state index contributed by atoms with van der Waals surface area (Å²) >= 11 is 0. The van der Waals surface area contributed by atoms with Crippen molar-refractivity contribution < 1.29 is 0 Å². The minimum Gasteiger partial charge on any atom is -0.0764 e. The summed E-state index contributed by atoms with van der Waals surface area (Å²) in [6.07, 6.45) is 3.76. The summed E-state index contributed by atoms with van der Waals surface area (Å²) in [6.45, 7) is 2.09. The Morgan fingerprint density at radius 3 is 2.22 bits per heavy atom. The molecule has 46 valence electrons. The lowest BCUT2D eigenvalue weighted by Crippen LogP contribution is -1.87. The molecule has 1 aromatic rings. The van der Waals surface area contributed by atoms with E-state index in [0.717, 1.165) is 8.20 Å². The molecule has 0 amide bonds. The summed E-state index contributed by atoms with van der Waals surface area (Å²) in [5.41, 5.74) is 1.31. The van der Waals surface area contributed by atoms with Gasteiger partial charge in [-0.1, -0.05) is 44.3 Å². The predicted molar refractivity (Wildman–Crippen MR) is 44.9 cm³/mol. The first-order chi connectivity index (χ1) is 4.33. The van der Waals surface area contributed by atoms with Crippen molar-refractivity contribution in [3.63, 3.8) is 0 Å². The van der Waals surface area contributed by atoms with Gasteiger partial charge >= 0.3 is 0 Å². The van der Waals surface area contributed by atoms with Gasteiger partial charge in [0.1, 0.15) is 0 Å². The molecule has 0 aliphatic rings. The van der Waals surface area contributed by atoms with Gasteiger partial charge in [-0.05, 0) is 6.92 Å². The zero-order chi connectivity index (χ0) is 6.69. The van der Waals surface area contributed by atoms with Gasteiger partial charge in [0.15, 0.2) is 0 Å². The van der Waals surface area contributed by atoms with Crippen molar-refractivity contribution in [2.24, 2.45) is 0 Å². The predicted octanol–water partition coefficient (Wildman–Crippen LogP) is 2.00. The molecular formula is C8H9P. The summed E-state index contributed by atoms with van der Waals surface area (Å²) < 4.78 is 0. The summed E-state index contributed by atoms with van der Waals surface area (Å²) in [5, 5.41) is 1.28. The highest BCUT2D eigenvalue weighted by atomic mass is 31.1. The van der Waals surface area contributed by atoms with Crippen LogP contribution in [0.5, 0.6) is 0 Å². The third-order valence-corrected chi connectivity index (χ3v) is 1.88. The highest BCUT2D eigenvalue weighted by molar-refractivity contribution is 7.45. The second-order valence-corrected chi connectivity index (χ2v) is 2.83. The Bertz CT molecular complexity index is 198. The first-order valence-corrected chi connectivity index (χ1v) is 3.94. The Labute approximate surface area is 57.3 Å². The molecule has 0 unspecified atom stereocenters. The van der Waals surface area contributed by atoms with E-state index in [1.54, 1.807) is 0 Å². The van der Waals surface area contributed by atoms with E-state index >= 15 is 0 Å². The topological polar surface area (TPSA) is 0 Å². The standard InChI is InChI=1S/C8H9P/c1-7-3-5-8(9-2)6-4-7/h3-6H,2H2,1H3. The van der Waals surface area contributed by atoms with Crippen LogP contribution in [-0.2, 0) is 0 Å². The van der Waals surface area contributed by atoms with Crippen LogP contribution in [0.3, 0.4) is 0 Å². The lowest BCUT2D eigenvalue weighted by atomic mass is 10.2. The second-order valence-electron chi connectivity index (χ2n) is 1.99. The molecule has 1 rings (SSSR count). The zero-order valence-corrected chi connectivity index (χ0v) is 6.36. The third kappa shape index (κ3) is 1.65. The smallest absolute Gasteiger partial charge is 0.00122 e. The number of aryl methyl sites for hydroxylation is 1. The Kier molecular flexibility index (Phi) is 2.02. The van der Waals surface area contributed by atoms with Crippen LogP contribution in [0, 0.1) is 6.92 Å². The van der Waals surface area contributed by atoms with Gasteiger partial charge in [-0.3, -0.25) is 0 Å². The monoisotopic (exact) mass is 136 g/mol. The summed E-state index contributed by atoms with van der Waals surface area (Å²) in [7, 11) is 1.10. The molecule has 0 bridgehead atoms. The van der Waals surface area contributed by atoms with E-state index in [1.807, 2.05) is 0 Å². The van der Waals surface area contributed by atoms with Crippen LogP contribution in [0.1, 0.15) is 5.56 Å². The molecule has 0 heterocycles. The molecule has 0 saturated heterocycles. The number of hydrogen-bond donors (Lipinski definition) is 0. The Morgan fingerprint density at radius 1 is 1.22 bits per heavy atom. The summed E-state index contributed by atoms with van der Waals surface area (Å²) in [5.74, 6) is 0. The maximum Gasteiger partial charge on any atom is 0.00122 e. The number of rotatable bonds is 1. The van der Waals surface area contributed by atoms with E-state index in [0.29, 0.717) is 0 Å². The van der Waals surface area contributed by atoms with Crippen molar-refractivity contribution in [1.29, 1.82) is 0 Å². The van der Waals surface area contributed by atoms with E-state index in [9.17, 15) is 0 Å². The van der Waals surface area contributed by atoms with Crippen LogP contribution in [0.15, 0.2) is 24.3 Å². The van der Waals surface area contributed by atoms with Crippen LogP contribution in [0.25, 0.3) is 0 Å². The molecule has 0 nitrogen and oxygen atoms in total. The van der Waals surface area contributed by atoms with Crippen LogP contribution < -0.4 is 5.30 Å². The van der Waals surface area contributed by atoms with Crippen molar-refractivity contribution in [2.45, 2.75) is 6.92 Å². The summed E-state index contributed by atoms with van der Waals surface area (Å²) in [6, 6.07) is 8.41. The van der Waals surface area contributed by atoms with Gasteiger partial charge < -0.3 is 0 Å². The Morgan fingerprint density at radius 2 is 1.78 bits per heavy atom. The molecule has 0 N–H and O–H groups in total. The van der Waals surface area contributed by atoms with Gasteiger partial charge in [-0.2, -0.15) is 0 Å². The van der Waals surface area contributed by atoms with Crippen LogP contribution in [-0.4, -0.2) is 6.30 Å². The van der Waals surface area contributed by atoms with Gasteiger partial charge in [0, 0.05) is 5.30 Å². The highest BCUT2D eigenvalue weighted by Gasteiger charge is 1.82. The molecule has 0 aromatic heterocycles. The number of hydrogen-bond acceptors (Lipinski definition) is 0. The fraction of sp³-hybridized carbons (Fsp3) is 0.125. The molecule has 0 saturated carbocycles. The molecule has 0 spiro atoms. The normalized spacial score (nSPS) is 9.89. The highest BCUT2D eigenvalue weighted by Crippen LogP contribution is 1.97. The maximum atomic E-state index is 3.76. The average Bonchev–Trinajstić information content (AvgIpc) is 1.90. The fourth-order valence-corrected chi connectivity index (χ4v) is 1.01. The van der Waals surface area contributed by atoms with E-state index in [1.165, 1.54) is 10.9 Å². The second kappa shape index (κ2) is 2.80. The van der Waals surface area contributed by atoms with Gasteiger partial charge in [-0.25, -0.2) is 0 Å². The lowest BCUT2D eigenvalue weighted by molar-refractivity contribution is 1.49. The third-order valence-electron chi connectivity index (χ3n) is 1.22. The minimum atomic E-state index is 1.10. The number of benzene rings is 1. The van der Waals surface area contributed by atoms with Crippen LogP contribution in [0.4, 0.5) is 0 Å². The Balaban J connectivity index is 3.01. The molecule has 1 aromatic carbocycles. The van der Waals surface area contributed by atoms with Crippen LogP contribution in [0.2, 0.25) is 0 Å². The van der Waals surface area contributed by atoms with Crippen molar-refractivity contribution in [1.82, 2.24) is 0 Å². The quantitative estimate of drug-likeness (QED) is 0.518. The molecule has 9 heavy (non-hydrogen) atoms. The maximum absolute atomic E-state index is 3.76. The van der Waals surface area contributed by atoms with E-state index in [4.69, 9.17) is 0 Å². The first kappa shape index (κ1) is 6.51. The fourth-order valence-electron chi connectivity index (χ4n) is 0.650. The lowest BCUT2D eigenvalue weighted by Gasteiger charge is -1.90. The molecule has 0 fully saturated rings. The van der Waals surface area contributed by atoms with E-state index in [2.05, 4.69) is 37.5 Å². The van der Waals surface area contributed by atoms with E-state index in [-0.39, 0.29) is 0 Å². The molecule has 1 heteroatoms. The SMILES string of the molecule is C=Pc1ccc(C)cc1. The molecule has 0 aliphatic carbocycles. The van der Waals surface area contributed by atoms with E-state index < -0.39 is 0 Å². The first-order valence-electron chi connectivity index (χ1n) is 2.86. The Hall–Kier alpha value is -0.610. The van der Waals surface area contributed by atoms with Gasteiger partial charge in [-0.15, -0.1) is 0 Å². The molecular weight excluding hydrogens is 127 g/mol. The van der Waals surface area contributed by atoms with Crippen molar-refractivity contribution >= 4 is 19.8 Å². The van der Waals surface area contributed by atoms with Gasteiger partial charge in [0.05, 0.1) is 0 Å². The van der Waals surface area contributed by atoms with Gasteiger partial charge in [0.2, 0.25) is 0 Å². The average molecular weight is 136 g/mol. The van der Waals surface area contributed by atoms with Crippen molar-refractivity contribution in [2.75, 3.05) is 0 Å². The largest absolute Gasteiger partial charge is 0.0764 e. The minimum absolute atomic E-state index is 1.10.